The molecule has 0 amide bonds. The van der Waals surface area contributed by atoms with E-state index < -0.39 is 10.0 Å². The van der Waals surface area contributed by atoms with Crippen molar-refractivity contribution in [3.05, 3.63) is 29.6 Å². The Morgan fingerprint density at radius 1 is 1.57 bits per heavy atom. The van der Waals surface area contributed by atoms with Gasteiger partial charge in [0.1, 0.15) is 0 Å². The van der Waals surface area contributed by atoms with Crippen molar-refractivity contribution in [1.29, 1.82) is 0 Å². The summed E-state index contributed by atoms with van der Waals surface area (Å²) in [5.74, 6) is 0. The van der Waals surface area contributed by atoms with E-state index >= 15 is 0 Å². The molecule has 0 aliphatic heterocycles. The molecule has 0 saturated carbocycles. The van der Waals surface area contributed by atoms with Crippen molar-refractivity contribution < 1.29 is 13.5 Å². The molecule has 0 bridgehead atoms. The van der Waals surface area contributed by atoms with Gasteiger partial charge in [0.2, 0.25) is 10.0 Å². The van der Waals surface area contributed by atoms with Gasteiger partial charge in [0.05, 0.1) is 11.5 Å². The molecule has 14 heavy (non-hydrogen) atoms. The topological polar surface area (TPSA) is 57.6 Å². The summed E-state index contributed by atoms with van der Waals surface area (Å²) >= 11 is 0. The Bertz CT molecular complexity index is 343. The van der Waals surface area contributed by atoms with Crippen LogP contribution in [0.3, 0.4) is 0 Å². The van der Waals surface area contributed by atoms with Gasteiger partial charge in [-0.15, -0.1) is 0 Å². The van der Waals surface area contributed by atoms with Crippen LogP contribution in [0.1, 0.15) is 6.42 Å². The number of aliphatic hydroxyl groups is 1. The quantitative estimate of drug-likeness (QED) is 0.734. The first kappa shape index (κ1) is 11.4. The summed E-state index contributed by atoms with van der Waals surface area (Å²) < 4.78 is 24.6. The molecule has 0 heterocycles. The second kappa shape index (κ2) is 4.72. The normalized spacial score (nSPS) is 17.2. The Morgan fingerprint density at radius 2 is 2.29 bits per heavy atom. The average Bonchev–Trinajstić information content (AvgIpc) is 2.19. The van der Waals surface area contributed by atoms with E-state index in [9.17, 15) is 8.42 Å². The molecule has 0 aromatic carbocycles. The highest BCUT2D eigenvalue weighted by molar-refractivity contribution is 7.93. The van der Waals surface area contributed by atoms with E-state index in [-0.39, 0.29) is 18.1 Å². The predicted octanol–water partition coefficient (Wildman–Crippen LogP) is 0.288. The van der Waals surface area contributed by atoms with Crippen molar-refractivity contribution in [2.24, 2.45) is 0 Å². The van der Waals surface area contributed by atoms with Crippen LogP contribution in [0.15, 0.2) is 23.1 Å². The lowest BCUT2D eigenvalue weighted by molar-refractivity contribution is 0.267. The lowest BCUT2D eigenvalue weighted by atomic mass is 10.2. The Labute approximate surface area is 84.6 Å². The zero-order valence-corrected chi connectivity index (χ0v) is 8.87. The van der Waals surface area contributed by atoms with E-state index in [4.69, 9.17) is 5.11 Å². The predicted molar refractivity (Wildman–Crippen MR) is 54.8 cm³/mol. The van der Waals surface area contributed by atoms with Gasteiger partial charge in [-0.1, -0.05) is 12.2 Å². The van der Waals surface area contributed by atoms with Gasteiger partial charge in [0.25, 0.3) is 0 Å². The molecule has 5 heteroatoms. The largest absolute Gasteiger partial charge is 0.395 e. The Morgan fingerprint density at radius 3 is 2.79 bits per heavy atom. The van der Waals surface area contributed by atoms with Crippen LogP contribution in [0.25, 0.3) is 0 Å². The van der Waals surface area contributed by atoms with Crippen LogP contribution in [0, 0.1) is 6.42 Å². The minimum absolute atomic E-state index is 0.119. The first-order valence-electron chi connectivity index (χ1n) is 4.36. The zero-order valence-electron chi connectivity index (χ0n) is 8.05. The molecule has 0 aromatic rings. The van der Waals surface area contributed by atoms with Crippen molar-refractivity contribution in [3.63, 3.8) is 0 Å². The second-order valence-corrected chi connectivity index (χ2v) is 5.04. The number of rotatable bonds is 4. The van der Waals surface area contributed by atoms with Crippen LogP contribution in [0.5, 0.6) is 0 Å². The number of sulfonamides is 1. The van der Waals surface area contributed by atoms with Gasteiger partial charge in [-0.3, -0.25) is 0 Å². The van der Waals surface area contributed by atoms with Gasteiger partial charge < -0.3 is 5.11 Å². The SMILES string of the molecule is CN(CCO)S(=O)(=O)C1=C[CH]CC=C1. The van der Waals surface area contributed by atoms with Gasteiger partial charge in [-0.05, 0) is 18.9 Å². The molecule has 1 radical (unpaired) electrons. The third kappa shape index (κ3) is 2.43. The van der Waals surface area contributed by atoms with E-state index in [1.165, 1.54) is 7.05 Å². The summed E-state index contributed by atoms with van der Waals surface area (Å²) in [6.45, 7) is -0.0516. The van der Waals surface area contributed by atoms with Gasteiger partial charge >= 0.3 is 0 Å². The molecule has 1 aliphatic carbocycles. The summed E-state index contributed by atoms with van der Waals surface area (Å²) in [7, 11) is -1.95. The number of allylic oxidation sites excluding steroid dienone is 3. The third-order valence-electron chi connectivity index (χ3n) is 1.96. The van der Waals surface area contributed by atoms with Crippen molar-refractivity contribution in [3.8, 4) is 0 Å². The molecule has 0 unspecified atom stereocenters. The Hall–Kier alpha value is -0.650. The molecular formula is C9H14NO3S. The standard InChI is InChI=1S/C9H14NO3S/c1-10(7-8-11)14(12,13)9-5-3-2-4-6-9/h3-6,11H,2,7-8H2,1H3. The first-order valence-corrected chi connectivity index (χ1v) is 5.80. The molecule has 1 aliphatic rings. The number of aliphatic hydroxyl groups excluding tert-OH is 1. The summed E-state index contributed by atoms with van der Waals surface area (Å²) in [5.41, 5.74) is 0. The molecular weight excluding hydrogens is 202 g/mol. The second-order valence-electron chi connectivity index (χ2n) is 2.99. The fraction of sp³-hybridized carbons (Fsp3) is 0.444. The molecule has 4 nitrogen and oxygen atoms in total. The van der Waals surface area contributed by atoms with Crippen molar-refractivity contribution in [2.45, 2.75) is 6.42 Å². The average molecular weight is 216 g/mol. The van der Waals surface area contributed by atoms with Crippen LogP contribution >= 0.6 is 0 Å². The molecule has 0 saturated heterocycles. The van der Waals surface area contributed by atoms with E-state index in [1.54, 1.807) is 24.6 Å². The summed E-state index contributed by atoms with van der Waals surface area (Å²) in [6, 6.07) is 0. The number of hydrogen-bond donors (Lipinski definition) is 1. The molecule has 0 spiro atoms. The molecule has 79 valence electrons. The smallest absolute Gasteiger partial charge is 0.242 e. The molecule has 0 atom stereocenters. The van der Waals surface area contributed by atoms with E-state index in [1.807, 2.05) is 0 Å². The van der Waals surface area contributed by atoms with Crippen LogP contribution in [-0.2, 0) is 10.0 Å². The Kier molecular flexibility index (Phi) is 3.86. The number of nitrogens with zero attached hydrogens (tertiary/aromatic N) is 1. The van der Waals surface area contributed by atoms with Crippen LogP contribution in [0.2, 0.25) is 0 Å². The fourth-order valence-corrected chi connectivity index (χ4v) is 2.33. The van der Waals surface area contributed by atoms with Crippen molar-refractivity contribution >= 4 is 10.0 Å². The maximum atomic E-state index is 11.8. The van der Waals surface area contributed by atoms with Crippen molar-refractivity contribution in [1.82, 2.24) is 4.31 Å². The molecule has 1 N–H and O–H groups in total. The fourth-order valence-electron chi connectivity index (χ4n) is 1.12. The summed E-state index contributed by atoms with van der Waals surface area (Å²) in [5, 5.41) is 8.65. The van der Waals surface area contributed by atoms with E-state index in [0.717, 1.165) is 10.7 Å². The van der Waals surface area contributed by atoms with Crippen LogP contribution in [-0.4, -0.2) is 38.0 Å². The first-order chi connectivity index (χ1) is 6.59. The van der Waals surface area contributed by atoms with Crippen LogP contribution in [0.4, 0.5) is 0 Å². The van der Waals surface area contributed by atoms with Gasteiger partial charge in [-0.25, -0.2) is 8.42 Å². The number of hydrogen-bond acceptors (Lipinski definition) is 3. The summed E-state index contributed by atoms with van der Waals surface area (Å²) in [4.78, 5) is 0.278. The number of likely N-dealkylation sites (N-methyl/N-ethyl adjacent to an activating group) is 1. The molecule has 0 aromatic heterocycles. The minimum Gasteiger partial charge on any atom is -0.395 e. The molecule has 1 rings (SSSR count). The van der Waals surface area contributed by atoms with E-state index in [0.29, 0.717) is 0 Å². The van der Waals surface area contributed by atoms with Crippen molar-refractivity contribution in [2.75, 3.05) is 20.2 Å². The molecule has 0 fully saturated rings. The highest BCUT2D eigenvalue weighted by atomic mass is 32.2. The highest BCUT2D eigenvalue weighted by Gasteiger charge is 2.21. The maximum Gasteiger partial charge on any atom is 0.242 e. The maximum absolute atomic E-state index is 11.8. The summed E-state index contributed by atoms with van der Waals surface area (Å²) in [6.07, 6.45) is 7.52. The Balaban J connectivity index is 2.84. The van der Waals surface area contributed by atoms with Crippen LogP contribution < -0.4 is 0 Å². The van der Waals surface area contributed by atoms with Gasteiger partial charge in [-0.2, -0.15) is 4.31 Å². The van der Waals surface area contributed by atoms with Gasteiger partial charge in [0, 0.05) is 13.6 Å². The minimum atomic E-state index is -3.41. The van der Waals surface area contributed by atoms with Gasteiger partial charge in [0.15, 0.2) is 0 Å². The van der Waals surface area contributed by atoms with E-state index in [2.05, 4.69) is 0 Å². The highest BCUT2D eigenvalue weighted by Crippen LogP contribution is 2.17. The zero-order chi connectivity index (χ0) is 10.6. The lowest BCUT2D eigenvalue weighted by Crippen LogP contribution is -2.30. The third-order valence-corrected chi connectivity index (χ3v) is 3.83. The lowest BCUT2D eigenvalue weighted by Gasteiger charge is -2.17. The monoisotopic (exact) mass is 216 g/mol.